The van der Waals surface area contributed by atoms with Crippen molar-refractivity contribution in [3.8, 4) is 5.75 Å². The maximum Gasteiger partial charge on any atom is 0.261 e. The van der Waals surface area contributed by atoms with E-state index in [1.165, 1.54) is 0 Å². The Morgan fingerprint density at radius 3 is 2.41 bits per heavy atom. The van der Waals surface area contributed by atoms with Gasteiger partial charge >= 0.3 is 0 Å². The van der Waals surface area contributed by atoms with Crippen LogP contribution in [-0.2, 0) is 16.1 Å². The van der Waals surface area contributed by atoms with Crippen molar-refractivity contribution in [2.45, 2.75) is 60.0 Å². The second-order valence-corrected chi connectivity index (χ2v) is 8.79. The van der Waals surface area contributed by atoms with Crippen LogP contribution in [-0.4, -0.2) is 35.9 Å². The van der Waals surface area contributed by atoms with E-state index in [-0.39, 0.29) is 25.0 Å². The predicted molar refractivity (Wildman–Crippen MR) is 131 cm³/mol. The summed E-state index contributed by atoms with van der Waals surface area (Å²) >= 11 is 12.2. The number of rotatable bonds is 10. The van der Waals surface area contributed by atoms with E-state index in [9.17, 15) is 9.59 Å². The van der Waals surface area contributed by atoms with E-state index in [0.717, 1.165) is 28.7 Å². The molecule has 0 aliphatic rings. The van der Waals surface area contributed by atoms with Gasteiger partial charge in [-0.2, -0.15) is 0 Å². The van der Waals surface area contributed by atoms with Crippen molar-refractivity contribution in [2.75, 3.05) is 13.2 Å². The molecule has 2 aromatic carbocycles. The Morgan fingerprint density at radius 2 is 1.78 bits per heavy atom. The summed E-state index contributed by atoms with van der Waals surface area (Å²) in [6, 6.07) is 8.59. The fourth-order valence-corrected chi connectivity index (χ4v) is 3.81. The van der Waals surface area contributed by atoms with Crippen LogP contribution in [0.3, 0.4) is 0 Å². The molecule has 0 saturated carbocycles. The molecule has 0 radical (unpaired) electrons. The first-order valence-electron chi connectivity index (χ1n) is 10.9. The minimum absolute atomic E-state index is 0.164. The van der Waals surface area contributed by atoms with Gasteiger partial charge in [0.1, 0.15) is 11.8 Å². The zero-order chi connectivity index (χ0) is 23.8. The van der Waals surface area contributed by atoms with Crippen molar-refractivity contribution in [1.29, 1.82) is 0 Å². The summed E-state index contributed by atoms with van der Waals surface area (Å²) in [6.45, 7) is 10.5. The lowest BCUT2D eigenvalue weighted by Gasteiger charge is -2.30. The summed E-state index contributed by atoms with van der Waals surface area (Å²) in [7, 11) is 0. The Hall–Kier alpha value is -2.24. The van der Waals surface area contributed by atoms with Crippen molar-refractivity contribution in [2.24, 2.45) is 0 Å². The lowest BCUT2D eigenvalue weighted by molar-refractivity contribution is -0.143. The maximum absolute atomic E-state index is 13.3. The molecule has 0 aromatic heterocycles. The Labute approximate surface area is 201 Å². The molecule has 2 amide bonds. The summed E-state index contributed by atoms with van der Waals surface area (Å²) < 4.78 is 5.91. The molecule has 0 saturated heterocycles. The van der Waals surface area contributed by atoms with Crippen LogP contribution in [0.1, 0.15) is 48.9 Å². The van der Waals surface area contributed by atoms with Crippen LogP contribution in [0.2, 0.25) is 10.0 Å². The number of carbonyl (C=O) groups is 2. The van der Waals surface area contributed by atoms with Gasteiger partial charge < -0.3 is 15.0 Å². The van der Waals surface area contributed by atoms with E-state index in [1.54, 1.807) is 23.1 Å². The zero-order valence-corrected chi connectivity index (χ0v) is 20.9. The number of ether oxygens (including phenoxy) is 1. The first-order valence-corrected chi connectivity index (χ1v) is 11.6. The summed E-state index contributed by atoms with van der Waals surface area (Å²) in [5.74, 6) is 0.229. The fourth-order valence-electron chi connectivity index (χ4n) is 3.49. The highest BCUT2D eigenvalue weighted by Gasteiger charge is 2.29. The molecule has 0 aliphatic carbocycles. The standard InChI is InChI=1S/C25H32Cl2N2O3/c1-6-10-28-25(31)22(7-2)29(14-19-8-9-20(26)21(27)13-19)24(30)15-32-23-12-16(3)11-17(4)18(23)5/h8-9,11-13,22H,6-7,10,14-15H2,1-5H3,(H,28,31). The molecule has 0 heterocycles. The first-order chi connectivity index (χ1) is 15.2. The Kier molecular flexibility index (Phi) is 9.85. The largest absolute Gasteiger partial charge is 0.483 e. The molecule has 0 aliphatic heterocycles. The molecule has 1 atom stereocenters. The number of nitrogens with zero attached hydrogens (tertiary/aromatic N) is 1. The quantitative estimate of drug-likeness (QED) is 0.481. The molecule has 1 N–H and O–H groups in total. The summed E-state index contributed by atoms with van der Waals surface area (Å²) in [5, 5.41) is 3.75. The lowest BCUT2D eigenvalue weighted by atomic mass is 10.1. The number of aryl methyl sites for hydroxylation is 2. The third-order valence-corrected chi connectivity index (χ3v) is 6.13. The van der Waals surface area contributed by atoms with Crippen molar-refractivity contribution in [1.82, 2.24) is 10.2 Å². The number of benzene rings is 2. The average molecular weight is 479 g/mol. The minimum Gasteiger partial charge on any atom is -0.483 e. The molecule has 0 bridgehead atoms. The molecule has 174 valence electrons. The Balaban J connectivity index is 2.28. The van der Waals surface area contributed by atoms with Gasteiger partial charge in [-0.15, -0.1) is 0 Å². The molecule has 7 heteroatoms. The van der Waals surface area contributed by atoms with Crippen LogP contribution in [0.15, 0.2) is 30.3 Å². The zero-order valence-electron chi connectivity index (χ0n) is 19.4. The topological polar surface area (TPSA) is 58.6 Å². The normalized spacial score (nSPS) is 11.7. The molecule has 5 nitrogen and oxygen atoms in total. The molecule has 2 rings (SSSR count). The van der Waals surface area contributed by atoms with Crippen molar-refractivity contribution in [3.05, 3.63) is 62.6 Å². The van der Waals surface area contributed by atoms with Crippen LogP contribution in [0.4, 0.5) is 0 Å². The number of hydrogen-bond donors (Lipinski definition) is 1. The van der Waals surface area contributed by atoms with Gasteiger partial charge in [-0.3, -0.25) is 9.59 Å². The maximum atomic E-state index is 13.3. The fraction of sp³-hybridized carbons (Fsp3) is 0.440. The van der Waals surface area contributed by atoms with Gasteiger partial charge in [-0.1, -0.05) is 49.2 Å². The van der Waals surface area contributed by atoms with E-state index in [1.807, 2.05) is 40.7 Å². The molecule has 32 heavy (non-hydrogen) atoms. The molecule has 1 unspecified atom stereocenters. The summed E-state index contributed by atoms with van der Waals surface area (Å²) in [5.41, 5.74) is 3.95. The monoisotopic (exact) mass is 478 g/mol. The highest BCUT2D eigenvalue weighted by molar-refractivity contribution is 6.42. The predicted octanol–water partition coefficient (Wildman–Crippen LogP) is 5.63. The van der Waals surface area contributed by atoms with E-state index >= 15 is 0 Å². The molecular formula is C25H32Cl2N2O3. The van der Waals surface area contributed by atoms with E-state index in [4.69, 9.17) is 27.9 Å². The Bertz CT molecular complexity index is 962. The number of carbonyl (C=O) groups excluding carboxylic acids is 2. The van der Waals surface area contributed by atoms with Crippen molar-refractivity contribution in [3.63, 3.8) is 0 Å². The van der Waals surface area contributed by atoms with E-state index < -0.39 is 6.04 Å². The minimum atomic E-state index is -0.618. The lowest BCUT2D eigenvalue weighted by Crippen LogP contribution is -2.50. The summed E-state index contributed by atoms with van der Waals surface area (Å²) in [4.78, 5) is 27.7. The summed E-state index contributed by atoms with van der Waals surface area (Å²) in [6.07, 6.45) is 1.29. The third-order valence-electron chi connectivity index (χ3n) is 5.39. The molecule has 0 spiro atoms. The number of halogens is 2. The first kappa shape index (κ1) is 26.0. The van der Waals surface area contributed by atoms with Gasteiger partial charge in [-0.25, -0.2) is 0 Å². The number of nitrogens with one attached hydrogen (secondary N) is 1. The SMILES string of the molecule is CCCNC(=O)C(CC)N(Cc1ccc(Cl)c(Cl)c1)C(=O)COc1cc(C)cc(C)c1C. The van der Waals surface area contributed by atoms with Crippen molar-refractivity contribution >= 4 is 35.0 Å². The van der Waals surface area contributed by atoms with Gasteiger partial charge in [0.25, 0.3) is 5.91 Å². The van der Waals surface area contributed by atoms with Crippen LogP contribution in [0, 0.1) is 20.8 Å². The molecule has 0 fully saturated rings. The number of hydrogen-bond acceptors (Lipinski definition) is 3. The second kappa shape index (κ2) is 12.1. The van der Waals surface area contributed by atoms with Crippen LogP contribution in [0.25, 0.3) is 0 Å². The van der Waals surface area contributed by atoms with E-state index in [0.29, 0.717) is 28.8 Å². The Morgan fingerprint density at radius 1 is 1.06 bits per heavy atom. The van der Waals surface area contributed by atoms with Gasteiger partial charge in [0.05, 0.1) is 10.0 Å². The van der Waals surface area contributed by atoms with E-state index in [2.05, 4.69) is 11.4 Å². The van der Waals surface area contributed by atoms with Gasteiger partial charge in [0.2, 0.25) is 5.91 Å². The van der Waals surface area contributed by atoms with Gasteiger partial charge in [0, 0.05) is 13.1 Å². The van der Waals surface area contributed by atoms with Gasteiger partial charge in [0.15, 0.2) is 6.61 Å². The highest BCUT2D eigenvalue weighted by Crippen LogP contribution is 2.25. The van der Waals surface area contributed by atoms with Crippen LogP contribution < -0.4 is 10.1 Å². The molecule has 2 aromatic rings. The van der Waals surface area contributed by atoms with Crippen LogP contribution in [0.5, 0.6) is 5.75 Å². The highest BCUT2D eigenvalue weighted by atomic mass is 35.5. The smallest absolute Gasteiger partial charge is 0.261 e. The average Bonchev–Trinajstić information content (AvgIpc) is 2.75. The molecular weight excluding hydrogens is 447 g/mol. The van der Waals surface area contributed by atoms with Crippen LogP contribution >= 0.6 is 23.2 Å². The second-order valence-electron chi connectivity index (χ2n) is 7.98. The number of amides is 2. The van der Waals surface area contributed by atoms with Gasteiger partial charge in [-0.05, 0) is 74.1 Å². The third kappa shape index (κ3) is 6.88. The van der Waals surface area contributed by atoms with Crippen molar-refractivity contribution < 1.29 is 14.3 Å².